The topological polar surface area (TPSA) is 55.1 Å². The third-order valence-electron chi connectivity index (χ3n) is 3.98. The van der Waals surface area contributed by atoms with E-state index in [-0.39, 0.29) is 17.2 Å². The van der Waals surface area contributed by atoms with Crippen LogP contribution >= 0.6 is 0 Å². The third-order valence-corrected chi connectivity index (χ3v) is 3.98. The second-order valence-electron chi connectivity index (χ2n) is 4.77. The van der Waals surface area contributed by atoms with Crippen LogP contribution in [0.4, 0.5) is 0 Å². The molecule has 1 spiro atoms. The van der Waals surface area contributed by atoms with E-state index in [1.807, 2.05) is 0 Å². The summed E-state index contributed by atoms with van der Waals surface area (Å²) in [5, 5.41) is 3.02. The van der Waals surface area contributed by atoms with Crippen LogP contribution in [0.2, 0.25) is 0 Å². The summed E-state index contributed by atoms with van der Waals surface area (Å²) in [5.41, 5.74) is 5.85. The molecule has 0 radical (unpaired) electrons. The van der Waals surface area contributed by atoms with Gasteiger partial charge in [0, 0.05) is 12.5 Å². The first-order valence-corrected chi connectivity index (χ1v) is 5.76. The molecule has 0 aromatic heterocycles. The minimum Gasteiger partial charge on any atom is -0.355 e. The molecule has 2 fully saturated rings. The second-order valence-corrected chi connectivity index (χ2v) is 4.77. The highest BCUT2D eigenvalue weighted by Crippen LogP contribution is 2.46. The minimum absolute atomic E-state index is 0.202. The van der Waals surface area contributed by atoms with Crippen molar-refractivity contribution in [3.05, 3.63) is 0 Å². The lowest BCUT2D eigenvalue weighted by atomic mass is 9.66. The summed E-state index contributed by atoms with van der Waals surface area (Å²) in [6.07, 6.45) is 7.22. The van der Waals surface area contributed by atoms with E-state index in [0.29, 0.717) is 6.54 Å². The average molecular weight is 196 g/mol. The number of nitrogens with two attached hydrogens (primary N) is 1. The van der Waals surface area contributed by atoms with Gasteiger partial charge in [0.2, 0.25) is 5.91 Å². The fraction of sp³-hybridized carbons (Fsp3) is 0.909. The van der Waals surface area contributed by atoms with Gasteiger partial charge < -0.3 is 11.1 Å². The number of carbonyl (C=O) groups excluding carboxylic acids is 1. The van der Waals surface area contributed by atoms with E-state index in [0.717, 1.165) is 13.0 Å². The summed E-state index contributed by atoms with van der Waals surface area (Å²) < 4.78 is 0. The lowest BCUT2D eigenvalue weighted by Gasteiger charge is -2.36. The number of nitrogens with one attached hydrogen (secondary N) is 1. The van der Waals surface area contributed by atoms with Crippen LogP contribution in [0.15, 0.2) is 0 Å². The molecule has 3 nitrogen and oxygen atoms in total. The summed E-state index contributed by atoms with van der Waals surface area (Å²) in [6.45, 7) is 1.54. The molecule has 1 unspecified atom stereocenters. The molecule has 80 valence electrons. The van der Waals surface area contributed by atoms with E-state index in [1.54, 1.807) is 0 Å². The van der Waals surface area contributed by atoms with Crippen molar-refractivity contribution in [3.63, 3.8) is 0 Å². The van der Waals surface area contributed by atoms with E-state index in [1.165, 1.54) is 32.1 Å². The van der Waals surface area contributed by atoms with Gasteiger partial charge in [0.15, 0.2) is 0 Å². The summed E-state index contributed by atoms with van der Waals surface area (Å²) in [6, 6.07) is 0. The molecule has 3 N–H and O–H groups in total. The SMILES string of the molecule is NCCC1C(=O)NCC12CCCCC2. The molecular formula is C11H20N2O. The lowest BCUT2D eigenvalue weighted by Crippen LogP contribution is -2.34. The van der Waals surface area contributed by atoms with Gasteiger partial charge in [-0.1, -0.05) is 19.3 Å². The Morgan fingerprint density at radius 2 is 2.07 bits per heavy atom. The van der Waals surface area contributed by atoms with Gasteiger partial charge in [0.25, 0.3) is 0 Å². The van der Waals surface area contributed by atoms with Gasteiger partial charge in [-0.3, -0.25) is 4.79 Å². The maximum Gasteiger partial charge on any atom is 0.223 e. The Hall–Kier alpha value is -0.570. The maximum atomic E-state index is 11.7. The zero-order valence-corrected chi connectivity index (χ0v) is 8.72. The van der Waals surface area contributed by atoms with Crippen molar-refractivity contribution in [3.8, 4) is 0 Å². The predicted octanol–water partition coefficient (Wildman–Crippen LogP) is 1.03. The zero-order valence-electron chi connectivity index (χ0n) is 8.72. The van der Waals surface area contributed by atoms with Gasteiger partial charge in [-0.05, 0) is 31.2 Å². The highest BCUT2D eigenvalue weighted by atomic mass is 16.2. The van der Waals surface area contributed by atoms with Crippen molar-refractivity contribution >= 4 is 5.91 Å². The Bertz CT molecular complexity index is 221. The van der Waals surface area contributed by atoms with Crippen LogP contribution in [0.25, 0.3) is 0 Å². The normalized spacial score (nSPS) is 30.6. The zero-order chi connectivity index (χ0) is 10.0. The number of amides is 1. The third kappa shape index (κ3) is 1.54. The molecule has 1 amide bonds. The summed E-state index contributed by atoms with van der Waals surface area (Å²) in [4.78, 5) is 11.7. The Balaban J connectivity index is 2.11. The molecule has 1 atom stereocenters. The van der Waals surface area contributed by atoms with Gasteiger partial charge in [-0.25, -0.2) is 0 Å². The molecule has 14 heavy (non-hydrogen) atoms. The van der Waals surface area contributed by atoms with Crippen LogP contribution in [0.5, 0.6) is 0 Å². The molecule has 1 saturated heterocycles. The molecule has 1 aliphatic heterocycles. The van der Waals surface area contributed by atoms with E-state index in [9.17, 15) is 4.79 Å². The van der Waals surface area contributed by atoms with Crippen molar-refractivity contribution in [2.24, 2.45) is 17.1 Å². The van der Waals surface area contributed by atoms with E-state index in [4.69, 9.17) is 5.73 Å². The summed E-state index contributed by atoms with van der Waals surface area (Å²) in [5.74, 6) is 0.449. The molecular weight excluding hydrogens is 176 g/mol. The van der Waals surface area contributed by atoms with Crippen LogP contribution in [0.3, 0.4) is 0 Å². The Morgan fingerprint density at radius 1 is 1.36 bits per heavy atom. The summed E-state index contributed by atoms with van der Waals surface area (Å²) >= 11 is 0. The van der Waals surface area contributed by atoms with Gasteiger partial charge in [0.05, 0.1) is 0 Å². The number of rotatable bonds is 2. The van der Waals surface area contributed by atoms with Crippen LogP contribution in [-0.2, 0) is 4.79 Å². The Labute approximate surface area is 85.4 Å². The van der Waals surface area contributed by atoms with Crippen molar-refractivity contribution in [2.45, 2.75) is 38.5 Å². The highest BCUT2D eigenvalue weighted by Gasteiger charge is 2.47. The Kier molecular flexibility index (Phi) is 2.77. The van der Waals surface area contributed by atoms with Gasteiger partial charge in [0.1, 0.15) is 0 Å². The quantitative estimate of drug-likeness (QED) is 0.693. The van der Waals surface area contributed by atoms with E-state index < -0.39 is 0 Å². The second kappa shape index (κ2) is 3.89. The first-order chi connectivity index (χ1) is 6.78. The number of carbonyl (C=O) groups is 1. The molecule has 2 rings (SSSR count). The van der Waals surface area contributed by atoms with E-state index >= 15 is 0 Å². The molecule has 0 bridgehead atoms. The van der Waals surface area contributed by atoms with Crippen LogP contribution < -0.4 is 11.1 Å². The lowest BCUT2D eigenvalue weighted by molar-refractivity contribution is -0.124. The molecule has 0 aromatic carbocycles. The summed E-state index contributed by atoms with van der Waals surface area (Å²) in [7, 11) is 0. The van der Waals surface area contributed by atoms with E-state index in [2.05, 4.69) is 5.32 Å². The van der Waals surface area contributed by atoms with Gasteiger partial charge >= 0.3 is 0 Å². The molecule has 3 heteroatoms. The fourth-order valence-electron chi connectivity index (χ4n) is 3.17. The molecule has 2 aliphatic rings. The van der Waals surface area contributed by atoms with Gasteiger partial charge in [-0.2, -0.15) is 0 Å². The number of hydrogen-bond donors (Lipinski definition) is 2. The first-order valence-electron chi connectivity index (χ1n) is 5.76. The van der Waals surface area contributed by atoms with Crippen molar-refractivity contribution < 1.29 is 4.79 Å². The highest BCUT2D eigenvalue weighted by molar-refractivity contribution is 5.82. The molecule has 1 aliphatic carbocycles. The first kappa shape index (κ1) is 9.97. The standard InChI is InChI=1S/C11H20N2O/c12-7-4-9-10(14)13-8-11(9)5-2-1-3-6-11/h9H,1-8,12H2,(H,13,14). The molecule has 1 heterocycles. The van der Waals surface area contributed by atoms with Crippen LogP contribution in [0.1, 0.15) is 38.5 Å². The smallest absolute Gasteiger partial charge is 0.223 e. The predicted molar refractivity (Wildman–Crippen MR) is 55.7 cm³/mol. The largest absolute Gasteiger partial charge is 0.355 e. The van der Waals surface area contributed by atoms with Crippen molar-refractivity contribution in [1.29, 1.82) is 0 Å². The number of hydrogen-bond acceptors (Lipinski definition) is 2. The monoisotopic (exact) mass is 196 g/mol. The van der Waals surface area contributed by atoms with Crippen molar-refractivity contribution in [2.75, 3.05) is 13.1 Å². The maximum absolute atomic E-state index is 11.7. The fourth-order valence-corrected chi connectivity index (χ4v) is 3.17. The van der Waals surface area contributed by atoms with Crippen LogP contribution in [0, 0.1) is 11.3 Å². The Morgan fingerprint density at radius 3 is 2.71 bits per heavy atom. The minimum atomic E-state index is 0.202. The average Bonchev–Trinajstić information content (AvgIpc) is 2.49. The van der Waals surface area contributed by atoms with Crippen molar-refractivity contribution in [1.82, 2.24) is 5.32 Å². The van der Waals surface area contributed by atoms with Gasteiger partial charge in [-0.15, -0.1) is 0 Å². The molecule has 1 saturated carbocycles. The van der Waals surface area contributed by atoms with Crippen LogP contribution in [-0.4, -0.2) is 19.0 Å². The molecule has 0 aromatic rings.